The lowest BCUT2D eigenvalue weighted by Crippen LogP contribution is -2.38. The second-order valence-electron chi connectivity index (χ2n) is 7.66. The van der Waals surface area contributed by atoms with Gasteiger partial charge in [0.05, 0.1) is 0 Å². The number of amides is 1. The van der Waals surface area contributed by atoms with Crippen LogP contribution < -0.4 is 5.56 Å². The van der Waals surface area contributed by atoms with Gasteiger partial charge in [0, 0.05) is 36.1 Å². The van der Waals surface area contributed by atoms with Crippen LogP contribution in [0, 0.1) is 0 Å². The third-order valence-corrected chi connectivity index (χ3v) is 5.92. The van der Waals surface area contributed by atoms with Gasteiger partial charge in [-0.15, -0.1) is 0 Å². The summed E-state index contributed by atoms with van der Waals surface area (Å²) in [5.41, 5.74) is 1.11. The maximum atomic E-state index is 13.1. The Bertz CT molecular complexity index is 1190. The summed E-state index contributed by atoms with van der Waals surface area (Å²) in [4.78, 5) is 40.2. The lowest BCUT2D eigenvalue weighted by molar-refractivity contribution is -0.135. The Morgan fingerprint density at radius 3 is 2.29 bits per heavy atom. The fourth-order valence-corrected chi connectivity index (χ4v) is 4.17. The number of carbonyl (C=O) groups is 2. The Kier molecular flexibility index (Phi) is 6.09. The molecule has 0 saturated carbocycles. The third kappa shape index (κ3) is 4.21. The average Bonchev–Trinajstić information content (AvgIpc) is 2.80. The SMILES string of the molecule is Cn1c(C(=O)OCC(=O)N2CCCCC2)c(-c2ccc(Cl)cc2)c2ccccc2c1=O. The van der Waals surface area contributed by atoms with Crippen LogP contribution in [-0.2, 0) is 16.6 Å². The number of rotatable bonds is 4. The summed E-state index contributed by atoms with van der Waals surface area (Å²) in [5.74, 6) is -0.924. The number of piperidine rings is 1. The van der Waals surface area contributed by atoms with Crippen molar-refractivity contribution in [2.24, 2.45) is 7.05 Å². The molecule has 3 aromatic rings. The number of esters is 1. The summed E-state index contributed by atoms with van der Waals surface area (Å²) in [5, 5.41) is 1.70. The predicted octanol–water partition coefficient (Wildman–Crippen LogP) is 4.03. The first kappa shape index (κ1) is 21.1. The highest BCUT2D eigenvalue weighted by molar-refractivity contribution is 6.30. The zero-order valence-corrected chi connectivity index (χ0v) is 18.0. The number of hydrogen-bond donors (Lipinski definition) is 0. The molecular formula is C24H23ClN2O4. The molecule has 31 heavy (non-hydrogen) atoms. The van der Waals surface area contributed by atoms with E-state index in [1.165, 1.54) is 11.6 Å². The van der Waals surface area contributed by atoms with E-state index in [4.69, 9.17) is 16.3 Å². The van der Waals surface area contributed by atoms with Gasteiger partial charge >= 0.3 is 5.97 Å². The zero-order valence-electron chi connectivity index (χ0n) is 17.3. The molecular weight excluding hydrogens is 416 g/mol. The van der Waals surface area contributed by atoms with Gasteiger partial charge in [0.25, 0.3) is 11.5 Å². The molecule has 7 heteroatoms. The molecule has 1 fully saturated rings. The maximum absolute atomic E-state index is 13.1. The predicted molar refractivity (Wildman–Crippen MR) is 120 cm³/mol. The molecule has 1 aliphatic heterocycles. The quantitative estimate of drug-likeness (QED) is 0.577. The highest BCUT2D eigenvalue weighted by Gasteiger charge is 2.25. The first-order valence-corrected chi connectivity index (χ1v) is 10.7. The van der Waals surface area contributed by atoms with Crippen LogP contribution in [0.5, 0.6) is 0 Å². The minimum atomic E-state index is -0.708. The fraction of sp³-hybridized carbons (Fsp3) is 0.292. The second-order valence-corrected chi connectivity index (χ2v) is 8.09. The Balaban J connectivity index is 1.75. The van der Waals surface area contributed by atoms with Crippen LogP contribution >= 0.6 is 11.6 Å². The molecule has 4 rings (SSSR count). The van der Waals surface area contributed by atoms with Crippen molar-refractivity contribution in [3.63, 3.8) is 0 Å². The monoisotopic (exact) mass is 438 g/mol. The summed E-state index contributed by atoms with van der Waals surface area (Å²) >= 11 is 6.05. The van der Waals surface area contributed by atoms with E-state index in [-0.39, 0.29) is 23.8 Å². The van der Waals surface area contributed by atoms with Crippen molar-refractivity contribution in [3.05, 3.63) is 69.6 Å². The van der Waals surface area contributed by atoms with Gasteiger partial charge in [-0.1, -0.05) is 41.9 Å². The summed E-state index contributed by atoms with van der Waals surface area (Å²) in [6.45, 7) is 1.02. The highest BCUT2D eigenvalue weighted by atomic mass is 35.5. The van der Waals surface area contributed by atoms with Crippen molar-refractivity contribution in [3.8, 4) is 11.1 Å². The number of aromatic nitrogens is 1. The topological polar surface area (TPSA) is 68.6 Å². The molecule has 0 aliphatic carbocycles. The van der Waals surface area contributed by atoms with Crippen molar-refractivity contribution in [2.75, 3.05) is 19.7 Å². The number of ether oxygens (including phenoxy) is 1. The molecule has 160 valence electrons. The number of fused-ring (bicyclic) bond motifs is 1. The molecule has 2 aromatic carbocycles. The Morgan fingerprint density at radius 1 is 0.968 bits per heavy atom. The van der Waals surface area contributed by atoms with Gasteiger partial charge in [0.2, 0.25) is 0 Å². The van der Waals surface area contributed by atoms with Crippen molar-refractivity contribution < 1.29 is 14.3 Å². The number of hydrogen-bond acceptors (Lipinski definition) is 4. The Labute approximate surface area is 185 Å². The highest BCUT2D eigenvalue weighted by Crippen LogP contribution is 2.31. The van der Waals surface area contributed by atoms with Gasteiger partial charge in [0.15, 0.2) is 6.61 Å². The molecule has 1 saturated heterocycles. The van der Waals surface area contributed by atoms with Gasteiger partial charge in [-0.3, -0.25) is 9.59 Å². The molecule has 1 amide bonds. The Morgan fingerprint density at radius 2 is 1.61 bits per heavy atom. The lowest BCUT2D eigenvalue weighted by atomic mass is 9.97. The van der Waals surface area contributed by atoms with Gasteiger partial charge in [-0.05, 0) is 48.4 Å². The molecule has 0 spiro atoms. The van der Waals surface area contributed by atoms with Crippen LogP contribution in [0.4, 0.5) is 0 Å². The van der Waals surface area contributed by atoms with E-state index in [0.717, 1.165) is 24.8 Å². The van der Waals surface area contributed by atoms with E-state index in [0.29, 0.717) is 34.4 Å². The minimum Gasteiger partial charge on any atom is -0.451 e. The summed E-state index contributed by atoms with van der Waals surface area (Å²) in [6, 6.07) is 14.2. The fourth-order valence-electron chi connectivity index (χ4n) is 4.04. The number of pyridine rings is 1. The normalized spacial score (nSPS) is 13.9. The van der Waals surface area contributed by atoms with Crippen LogP contribution in [0.25, 0.3) is 21.9 Å². The molecule has 6 nitrogen and oxygen atoms in total. The second kappa shape index (κ2) is 8.94. The molecule has 1 aliphatic rings. The van der Waals surface area contributed by atoms with Crippen LogP contribution in [-0.4, -0.2) is 41.0 Å². The van der Waals surface area contributed by atoms with Crippen molar-refractivity contribution in [1.82, 2.24) is 9.47 Å². The van der Waals surface area contributed by atoms with E-state index in [1.807, 2.05) is 6.07 Å². The molecule has 1 aromatic heterocycles. The number of benzene rings is 2. The molecule has 2 heterocycles. The standard InChI is InChI=1S/C24H23ClN2O4/c1-26-22(24(30)31-15-20(28)27-13-5-2-6-14-27)21(16-9-11-17(25)12-10-16)18-7-3-4-8-19(18)23(26)29/h3-4,7-12H,2,5-6,13-15H2,1H3. The van der Waals surface area contributed by atoms with E-state index in [9.17, 15) is 14.4 Å². The van der Waals surface area contributed by atoms with Crippen LogP contribution in [0.1, 0.15) is 29.8 Å². The van der Waals surface area contributed by atoms with E-state index in [2.05, 4.69) is 0 Å². The van der Waals surface area contributed by atoms with E-state index in [1.54, 1.807) is 47.4 Å². The largest absolute Gasteiger partial charge is 0.451 e. The lowest BCUT2D eigenvalue weighted by Gasteiger charge is -2.26. The number of halogens is 1. The van der Waals surface area contributed by atoms with Gasteiger partial charge in [-0.2, -0.15) is 0 Å². The number of likely N-dealkylation sites (tertiary alicyclic amines) is 1. The summed E-state index contributed by atoms with van der Waals surface area (Å²) in [6.07, 6.45) is 3.02. The molecule has 0 N–H and O–H groups in total. The summed E-state index contributed by atoms with van der Waals surface area (Å²) in [7, 11) is 1.54. The van der Waals surface area contributed by atoms with Crippen molar-refractivity contribution in [2.45, 2.75) is 19.3 Å². The summed E-state index contributed by atoms with van der Waals surface area (Å²) < 4.78 is 6.69. The Hall–Kier alpha value is -3.12. The smallest absolute Gasteiger partial charge is 0.356 e. The van der Waals surface area contributed by atoms with E-state index < -0.39 is 5.97 Å². The van der Waals surface area contributed by atoms with E-state index >= 15 is 0 Å². The maximum Gasteiger partial charge on any atom is 0.356 e. The molecule has 0 radical (unpaired) electrons. The van der Waals surface area contributed by atoms with Crippen molar-refractivity contribution >= 4 is 34.2 Å². The average molecular weight is 439 g/mol. The molecule has 0 unspecified atom stereocenters. The van der Waals surface area contributed by atoms with Gasteiger partial charge in [0.1, 0.15) is 5.69 Å². The number of carbonyl (C=O) groups excluding carboxylic acids is 2. The first-order chi connectivity index (χ1) is 15.0. The van der Waals surface area contributed by atoms with Crippen LogP contribution in [0.15, 0.2) is 53.3 Å². The third-order valence-electron chi connectivity index (χ3n) is 5.67. The number of nitrogens with zero attached hydrogens (tertiary/aromatic N) is 2. The first-order valence-electron chi connectivity index (χ1n) is 10.3. The minimum absolute atomic E-state index is 0.109. The van der Waals surface area contributed by atoms with Crippen LogP contribution in [0.2, 0.25) is 5.02 Å². The molecule has 0 bridgehead atoms. The van der Waals surface area contributed by atoms with Gasteiger partial charge in [-0.25, -0.2) is 4.79 Å². The van der Waals surface area contributed by atoms with Crippen LogP contribution in [0.3, 0.4) is 0 Å². The zero-order chi connectivity index (χ0) is 22.0. The van der Waals surface area contributed by atoms with Crippen molar-refractivity contribution in [1.29, 1.82) is 0 Å². The van der Waals surface area contributed by atoms with Gasteiger partial charge < -0.3 is 14.2 Å². The molecule has 0 atom stereocenters.